The van der Waals surface area contributed by atoms with Crippen LogP contribution in [0.15, 0.2) is 29.0 Å². The highest BCUT2D eigenvalue weighted by molar-refractivity contribution is 5.97. The lowest BCUT2D eigenvalue weighted by molar-refractivity contribution is 0.0394. The predicted octanol–water partition coefficient (Wildman–Crippen LogP) is 1.81. The van der Waals surface area contributed by atoms with Crippen LogP contribution in [0, 0.1) is 0 Å². The van der Waals surface area contributed by atoms with Gasteiger partial charge in [0, 0.05) is 12.1 Å². The molecular weight excluding hydrogens is 244 g/mol. The van der Waals surface area contributed by atoms with Crippen molar-refractivity contribution in [1.82, 2.24) is 9.88 Å². The van der Waals surface area contributed by atoms with Crippen molar-refractivity contribution in [3.05, 3.63) is 30.2 Å². The van der Waals surface area contributed by atoms with Crippen LogP contribution < -0.4 is 0 Å². The summed E-state index contributed by atoms with van der Waals surface area (Å²) in [5.74, 6) is -0.0835. The fraction of sp³-hybridized carbons (Fsp3) is 0.429. The van der Waals surface area contributed by atoms with Crippen molar-refractivity contribution in [2.45, 2.75) is 31.9 Å². The summed E-state index contributed by atoms with van der Waals surface area (Å²) < 4.78 is 5.21. The Morgan fingerprint density at radius 1 is 1.53 bits per heavy atom. The average Bonchev–Trinajstić information content (AvgIpc) is 2.94. The number of fused-ring (bicyclic) bond motifs is 1. The molecule has 0 saturated carbocycles. The number of aromatic nitrogens is 1. The molecule has 19 heavy (non-hydrogen) atoms. The van der Waals surface area contributed by atoms with Crippen LogP contribution in [0.3, 0.4) is 0 Å². The van der Waals surface area contributed by atoms with Crippen molar-refractivity contribution in [1.29, 1.82) is 0 Å². The van der Waals surface area contributed by atoms with Crippen LogP contribution in [0.25, 0.3) is 11.1 Å². The second kappa shape index (κ2) is 4.06. The van der Waals surface area contributed by atoms with Crippen LogP contribution in [0.5, 0.6) is 0 Å². The Hall–Kier alpha value is -1.88. The minimum absolute atomic E-state index is 0.0835. The Kier molecular flexibility index (Phi) is 2.60. The number of hydrogen-bond acceptors (Lipinski definition) is 4. The number of hydrogen-bond donors (Lipinski definition) is 1. The number of carbonyl (C=O) groups is 1. The molecule has 0 aliphatic carbocycles. The Bertz CT molecular complexity index is 632. The van der Waals surface area contributed by atoms with Gasteiger partial charge in [-0.1, -0.05) is 0 Å². The molecule has 5 nitrogen and oxygen atoms in total. The smallest absolute Gasteiger partial charge is 0.254 e. The lowest BCUT2D eigenvalue weighted by atomic mass is 9.98. The molecule has 0 bridgehead atoms. The molecule has 0 radical (unpaired) electrons. The van der Waals surface area contributed by atoms with Gasteiger partial charge in [0.15, 0.2) is 12.0 Å². The summed E-state index contributed by atoms with van der Waals surface area (Å²) >= 11 is 0. The number of rotatable bonds is 1. The molecule has 1 fully saturated rings. The number of benzene rings is 1. The van der Waals surface area contributed by atoms with Gasteiger partial charge in [0.2, 0.25) is 0 Å². The topological polar surface area (TPSA) is 66.6 Å². The van der Waals surface area contributed by atoms with Crippen molar-refractivity contribution >= 4 is 17.0 Å². The molecular formula is C14H16N2O3. The van der Waals surface area contributed by atoms with E-state index in [4.69, 9.17) is 4.42 Å². The molecule has 3 rings (SSSR count). The molecule has 100 valence electrons. The molecule has 2 aromatic rings. The van der Waals surface area contributed by atoms with E-state index in [1.807, 2.05) is 13.8 Å². The van der Waals surface area contributed by atoms with Gasteiger partial charge >= 0.3 is 0 Å². The second-order valence-corrected chi connectivity index (χ2v) is 5.45. The van der Waals surface area contributed by atoms with Crippen LogP contribution in [0.4, 0.5) is 0 Å². The Morgan fingerprint density at radius 3 is 3.00 bits per heavy atom. The number of carbonyl (C=O) groups excluding carboxylic acids is 1. The molecule has 1 saturated heterocycles. The molecule has 1 amide bonds. The normalized spacial score (nSPS) is 22.1. The summed E-state index contributed by atoms with van der Waals surface area (Å²) in [5, 5.41) is 9.94. The van der Waals surface area contributed by atoms with Crippen LogP contribution in [0.2, 0.25) is 0 Å². The first-order valence-electron chi connectivity index (χ1n) is 6.33. The summed E-state index contributed by atoms with van der Waals surface area (Å²) in [4.78, 5) is 18.3. The summed E-state index contributed by atoms with van der Waals surface area (Å²) in [5.41, 5.74) is 1.36. The molecule has 5 heteroatoms. The molecule has 1 aliphatic rings. The van der Waals surface area contributed by atoms with Crippen LogP contribution in [0.1, 0.15) is 30.6 Å². The number of aliphatic hydroxyl groups is 1. The maximum Gasteiger partial charge on any atom is 0.254 e. The number of nitrogens with zero attached hydrogens (tertiary/aromatic N) is 2. The maximum atomic E-state index is 12.5. The maximum absolute atomic E-state index is 12.5. The van der Waals surface area contributed by atoms with E-state index in [9.17, 15) is 9.90 Å². The number of oxazole rings is 1. The van der Waals surface area contributed by atoms with E-state index in [1.54, 1.807) is 23.1 Å². The summed E-state index contributed by atoms with van der Waals surface area (Å²) in [6.45, 7) is 4.34. The lowest BCUT2D eigenvalue weighted by Crippen LogP contribution is -2.48. The predicted molar refractivity (Wildman–Crippen MR) is 69.7 cm³/mol. The minimum atomic E-state index is -0.534. The van der Waals surface area contributed by atoms with E-state index < -0.39 is 11.6 Å². The summed E-state index contributed by atoms with van der Waals surface area (Å²) in [6, 6.07) is 5.21. The third-order valence-electron chi connectivity index (χ3n) is 3.96. The zero-order valence-corrected chi connectivity index (χ0v) is 11.0. The highest BCUT2D eigenvalue weighted by Crippen LogP contribution is 2.30. The summed E-state index contributed by atoms with van der Waals surface area (Å²) in [6.07, 6.45) is 1.50. The molecule has 1 N–H and O–H groups in total. The van der Waals surface area contributed by atoms with E-state index in [2.05, 4.69) is 4.98 Å². The zero-order chi connectivity index (χ0) is 13.6. The molecule has 1 aromatic heterocycles. The third-order valence-corrected chi connectivity index (χ3v) is 3.96. The highest BCUT2D eigenvalue weighted by atomic mass is 16.3. The van der Waals surface area contributed by atoms with Gasteiger partial charge in [0.05, 0.1) is 11.6 Å². The number of aliphatic hydroxyl groups excluding tert-OH is 1. The van der Waals surface area contributed by atoms with Gasteiger partial charge in [-0.15, -0.1) is 0 Å². The van der Waals surface area contributed by atoms with Crippen molar-refractivity contribution in [3.63, 3.8) is 0 Å². The third kappa shape index (κ3) is 1.81. The monoisotopic (exact) mass is 260 g/mol. The Morgan fingerprint density at radius 2 is 2.32 bits per heavy atom. The quantitative estimate of drug-likeness (QED) is 0.849. The fourth-order valence-electron chi connectivity index (χ4n) is 2.58. The van der Waals surface area contributed by atoms with Gasteiger partial charge < -0.3 is 14.4 Å². The van der Waals surface area contributed by atoms with Crippen molar-refractivity contribution in [2.75, 3.05) is 6.54 Å². The van der Waals surface area contributed by atoms with E-state index in [1.165, 1.54) is 6.39 Å². The van der Waals surface area contributed by atoms with E-state index >= 15 is 0 Å². The molecule has 1 unspecified atom stereocenters. The molecule has 0 spiro atoms. The van der Waals surface area contributed by atoms with E-state index in [0.29, 0.717) is 24.1 Å². The van der Waals surface area contributed by atoms with Gasteiger partial charge in [-0.05, 0) is 38.5 Å². The Balaban J connectivity index is 1.95. The molecule has 1 aromatic carbocycles. The van der Waals surface area contributed by atoms with E-state index in [-0.39, 0.29) is 5.91 Å². The first kappa shape index (κ1) is 12.2. The van der Waals surface area contributed by atoms with Crippen molar-refractivity contribution in [2.24, 2.45) is 0 Å². The van der Waals surface area contributed by atoms with Gasteiger partial charge in [0.25, 0.3) is 5.91 Å². The fourth-order valence-corrected chi connectivity index (χ4v) is 2.58. The highest BCUT2D eigenvalue weighted by Gasteiger charge is 2.43. The SMILES string of the molecule is CC1(C)C(O)CCN1C(=O)c1ccc2ncoc2c1. The summed E-state index contributed by atoms with van der Waals surface area (Å²) in [7, 11) is 0. The lowest BCUT2D eigenvalue weighted by Gasteiger charge is -2.33. The second-order valence-electron chi connectivity index (χ2n) is 5.45. The van der Waals surface area contributed by atoms with Gasteiger partial charge in [-0.25, -0.2) is 4.98 Å². The standard InChI is InChI=1S/C14H16N2O3/c1-14(2)12(17)5-6-16(14)13(18)9-3-4-10-11(7-9)19-8-15-10/h3-4,7-8,12,17H,5-6H2,1-2H3. The van der Waals surface area contributed by atoms with Crippen LogP contribution in [-0.4, -0.2) is 39.1 Å². The first-order valence-corrected chi connectivity index (χ1v) is 6.33. The van der Waals surface area contributed by atoms with Gasteiger partial charge in [-0.3, -0.25) is 4.79 Å². The average molecular weight is 260 g/mol. The van der Waals surface area contributed by atoms with Crippen LogP contribution >= 0.6 is 0 Å². The molecule has 1 aliphatic heterocycles. The number of amides is 1. The minimum Gasteiger partial charge on any atom is -0.443 e. The molecule has 1 atom stereocenters. The zero-order valence-electron chi connectivity index (χ0n) is 11.0. The van der Waals surface area contributed by atoms with Gasteiger partial charge in [0.1, 0.15) is 5.52 Å². The van der Waals surface area contributed by atoms with Crippen molar-refractivity contribution < 1.29 is 14.3 Å². The molecule has 2 heterocycles. The van der Waals surface area contributed by atoms with E-state index in [0.717, 1.165) is 5.52 Å². The largest absolute Gasteiger partial charge is 0.443 e. The van der Waals surface area contributed by atoms with Gasteiger partial charge in [-0.2, -0.15) is 0 Å². The van der Waals surface area contributed by atoms with Crippen molar-refractivity contribution in [3.8, 4) is 0 Å². The van der Waals surface area contributed by atoms with Crippen LogP contribution in [-0.2, 0) is 0 Å². The Labute approximate surface area is 110 Å². The first-order chi connectivity index (χ1) is 9.00. The number of likely N-dealkylation sites (tertiary alicyclic amines) is 1.